The summed E-state index contributed by atoms with van der Waals surface area (Å²) in [4.78, 5) is 0. The first-order valence-corrected chi connectivity index (χ1v) is 5.24. The van der Waals surface area contributed by atoms with Crippen LogP contribution in [-0.2, 0) is 7.05 Å². The van der Waals surface area contributed by atoms with Crippen LogP contribution in [0.3, 0.4) is 0 Å². The summed E-state index contributed by atoms with van der Waals surface area (Å²) in [6.45, 7) is 0. The quantitative estimate of drug-likeness (QED) is 0.679. The smallest absolute Gasteiger partial charge is 0.0613 e. The Morgan fingerprint density at radius 3 is 2.54 bits per heavy atom. The van der Waals surface area contributed by atoms with E-state index in [0.29, 0.717) is 10.0 Å². The third-order valence-corrected chi connectivity index (χ3v) is 3.34. The maximum absolute atomic E-state index is 5.91. The molecule has 0 fully saturated rings. The molecule has 0 spiro atoms. The van der Waals surface area contributed by atoms with Crippen LogP contribution < -0.4 is 0 Å². The number of hydrogen-bond donors (Lipinski definition) is 0. The Bertz CT molecular complexity index is 434. The minimum atomic E-state index is 0.584. The molecule has 0 bridgehead atoms. The van der Waals surface area contributed by atoms with Gasteiger partial charge in [-0.1, -0.05) is 23.2 Å². The molecule has 4 heteroatoms. The van der Waals surface area contributed by atoms with Crippen LogP contribution in [0.2, 0.25) is 10.0 Å². The predicted molar refractivity (Wildman–Crippen MR) is 60.6 cm³/mol. The number of fused-ring (bicyclic) bond motifs is 1. The van der Waals surface area contributed by atoms with Crippen LogP contribution in [0.15, 0.2) is 22.8 Å². The largest absolute Gasteiger partial charge is 0.349 e. The van der Waals surface area contributed by atoms with E-state index in [0.717, 1.165) is 15.4 Å². The maximum atomic E-state index is 5.91. The maximum Gasteiger partial charge on any atom is 0.0613 e. The topological polar surface area (TPSA) is 4.93 Å². The van der Waals surface area contributed by atoms with E-state index in [1.165, 1.54) is 0 Å². The van der Waals surface area contributed by atoms with Crippen LogP contribution in [0, 0.1) is 0 Å². The summed E-state index contributed by atoms with van der Waals surface area (Å²) >= 11 is 15.3. The molecule has 1 nitrogen and oxygen atoms in total. The molecule has 0 aliphatic heterocycles. The van der Waals surface area contributed by atoms with Crippen LogP contribution in [0.5, 0.6) is 0 Å². The van der Waals surface area contributed by atoms with E-state index in [-0.39, 0.29) is 0 Å². The Morgan fingerprint density at radius 1 is 1.23 bits per heavy atom. The van der Waals surface area contributed by atoms with Gasteiger partial charge in [0, 0.05) is 23.1 Å². The van der Waals surface area contributed by atoms with Gasteiger partial charge in [0.05, 0.1) is 15.6 Å². The Balaban J connectivity index is 2.91. The van der Waals surface area contributed by atoms with Crippen LogP contribution in [0.1, 0.15) is 0 Å². The van der Waals surface area contributed by atoms with Crippen molar-refractivity contribution in [1.29, 1.82) is 0 Å². The number of aryl methyl sites for hydroxylation is 1. The van der Waals surface area contributed by atoms with E-state index in [1.54, 1.807) is 0 Å². The highest BCUT2D eigenvalue weighted by atomic mass is 79.9. The number of hydrogen-bond acceptors (Lipinski definition) is 0. The average molecular weight is 279 g/mol. The molecule has 0 N–H and O–H groups in total. The first-order valence-electron chi connectivity index (χ1n) is 3.69. The van der Waals surface area contributed by atoms with Gasteiger partial charge in [-0.3, -0.25) is 0 Å². The molecule has 0 amide bonds. The van der Waals surface area contributed by atoms with E-state index in [1.807, 2.05) is 29.9 Å². The zero-order chi connectivity index (χ0) is 9.59. The van der Waals surface area contributed by atoms with Crippen molar-refractivity contribution >= 4 is 50.0 Å². The molecule has 1 aromatic heterocycles. The van der Waals surface area contributed by atoms with Crippen molar-refractivity contribution < 1.29 is 0 Å². The third kappa shape index (κ3) is 1.47. The van der Waals surface area contributed by atoms with Crippen LogP contribution >= 0.6 is 39.1 Å². The Labute approximate surface area is 94.4 Å². The number of aromatic nitrogens is 1. The Kier molecular flexibility index (Phi) is 2.30. The Hall–Kier alpha value is -0.180. The molecule has 2 rings (SSSR count). The molecule has 13 heavy (non-hydrogen) atoms. The van der Waals surface area contributed by atoms with Gasteiger partial charge in [0.25, 0.3) is 0 Å². The van der Waals surface area contributed by atoms with Gasteiger partial charge in [-0.2, -0.15) is 0 Å². The van der Waals surface area contributed by atoms with Crippen LogP contribution in [0.4, 0.5) is 0 Å². The van der Waals surface area contributed by atoms with E-state index < -0.39 is 0 Å². The van der Waals surface area contributed by atoms with Gasteiger partial charge in [-0.15, -0.1) is 0 Å². The number of rotatable bonds is 0. The summed E-state index contributed by atoms with van der Waals surface area (Å²) in [6.07, 6.45) is 1.98. The first kappa shape index (κ1) is 9.38. The molecule has 0 atom stereocenters. The molecule has 0 saturated heterocycles. The minimum absolute atomic E-state index is 0.584. The molecule has 0 aliphatic carbocycles. The second-order valence-electron chi connectivity index (χ2n) is 2.87. The fourth-order valence-corrected chi connectivity index (χ4v) is 2.27. The van der Waals surface area contributed by atoms with Gasteiger partial charge in [0.1, 0.15) is 0 Å². The highest BCUT2D eigenvalue weighted by Gasteiger charge is 2.07. The van der Waals surface area contributed by atoms with Crippen molar-refractivity contribution in [2.75, 3.05) is 0 Å². The molecular formula is C9H6BrCl2N. The molecule has 2 aromatic rings. The van der Waals surface area contributed by atoms with E-state index >= 15 is 0 Å². The van der Waals surface area contributed by atoms with Crippen molar-refractivity contribution in [1.82, 2.24) is 4.57 Å². The van der Waals surface area contributed by atoms with Gasteiger partial charge < -0.3 is 4.57 Å². The van der Waals surface area contributed by atoms with Crippen molar-refractivity contribution in [2.45, 2.75) is 0 Å². The lowest BCUT2D eigenvalue weighted by molar-refractivity contribution is 0.967. The lowest BCUT2D eigenvalue weighted by atomic mass is 10.2. The van der Waals surface area contributed by atoms with Gasteiger partial charge in [-0.25, -0.2) is 0 Å². The second-order valence-corrected chi connectivity index (χ2v) is 4.54. The standard InChI is InChI=1S/C9H6BrCl2N/c1-13-4-6(10)5-2-7(11)8(12)3-9(5)13/h2-4H,1H3. The van der Waals surface area contributed by atoms with Crippen molar-refractivity contribution in [3.05, 3.63) is 32.8 Å². The Morgan fingerprint density at radius 2 is 1.85 bits per heavy atom. The van der Waals surface area contributed by atoms with Crippen molar-refractivity contribution in [3.8, 4) is 0 Å². The fraction of sp³-hybridized carbons (Fsp3) is 0.111. The zero-order valence-electron chi connectivity index (χ0n) is 6.81. The minimum Gasteiger partial charge on any atom is -0.349 e. The molecule has 0 radical (unpaired) electrons. The first-order chi connectivity index (χ1) is 6.09. The van der Waals surface area contributed by atoms with Gasteiger partial charge in [0.2, 0.25) is 0 Å². The van der Waals surface area contributed by atoms with Gasteiger partial charge in [-0.05, 0) is 28.1 Å². The average Bonchev–Trinajstić information content (AvgIpc) is 2.31. The molecule has 0 saturated carbocycles. The van der Waals surface area contributed by atoms with Gasteiger partial charge >= 0.3 is 0 Å². The molecular weight excluding hydrogens is 273 g/mol. The fourth-order valence-electron chi connectivity index (χ4n) is 1.33. The van der Waals surface area contributed by atoms with Crippen LogP contribution in [0.25, 0.3) is 10.9 Å². The lowest BCUT2D eigenvalue weighted by Gasteiger charge is -1.98. The van der Waals surface area contributed by atoms with E-state index in [9.17, 15) is 0 Å². The normalized spacial score (nSPS) is 11.1. The van der Waals surface area contributed by atoms with E-state index in [4.69, 9.17) is 23.2 Å². The molecule has 68 valence electrons. The monoisotopic (exact) mass is 277 g/mol. The number of nitrogens with zero attached hydrogens (tertiary/aromatic N) is 1. The molecule has 0 aliphatic rings. The van der Waals surface area contributed by atoms with E-state index in [2.05, 4.69) is 15.9 Å². The highest BCUT2D eigenvalue weighted by Crippen LogP contribution is 2.32. The molecule has 0 unspecified atom stereocenters. The van der Waals surface area contributed by atoms with Crippen LogP contribution in [-0.4, -0.2) is 4.57 Å². The summed E-state index contributed by atoms with van der Waals surface area (Å²) < 4.78 is 3.03. The molecule has 1 heterocycles. The SMILES string of the molecule is Cn1cc(Br)c2cc(Cl)c(Cl)cc21. The summed E-state index contributed by atoms with van der Waals surface area (Å²) in [5, 5.41) is 2.25. The summed E-state index contributed by atoms with van der Waals surface area (Å²) in [5.74, 6) is 0. The zero-order valence-corrected chi connectivity index (χ0v) is 9.91. The summed E-state index contributed by atoms with van der Waals surface area (Å²) in [6, 6.07) is 3.73. The molecule has 1 aromatic carbocycles. The predicted octanol–water partition coefficient (Wildman–Crippen LogP) is 4.25. The van der Waals surface area contributed by atoms with Crippen molar-refractivity contribution in [3.63, 3.8) is 0 Å². The number of halogens is 3. The highest BCUT2D eigenvalue weighted by molar-refractivity contribution is 9.10. The second kappa shape index (κ2) is 3.19. The summed E-state index contributed by atoms with van der Waals surface area (Å²) in [5.41, 5.74) is 1.07. The van der Waals surface area contributed by atoms with Gasteiger partial charge in [0.15, 0.2) is 0 Å². The summed E-state index contributed by atoms with van der Waals surface area (Å²) in [7, 11) is 1.97. The lowest BCUT2D eigenvalue weighted by Crippen LogP contribution is -1.83. The van der Waals surface area contributed by atoms with Crippen molar-refractivity contribution in [2.24, 2.45) is 7.05 Å². The third-order valence-electron chi connectivity index (χ3n) is 1.98. The number of benzene rings is 1.